The maximum Gasteiger partial charge on any atom is 0.205 e. The molecule has 4 heterocycles. The second-order valence-corrected chi connectivity index (χ2v) is 9.74. The van der Waals surface area contributed by atoms with E-state index in [4.69, 9.17) is 14.4 Å². The summed E-state index contributed by atoms with van der Waals surface area (Å²) in [5.41, 5.74) is 10.3. The number of aromatic amines is 1. The zero-order valence-corrected chi connectivity index (χ0v) is 21.8. The Morgan fingerprint density at radius 2 is 1.86 bits per heavy atom. The molecular weight excluding hydrogens is 518 g/mol. The van der Waals surface area contributed by atoms with E-state index in [0.717, 1.165) is 78.9 Å². The summed E-state index contributed by atoms with van der Waals surface area (Å²) in [6.07, 6.45) is 5.38. The highest BCUT2D eigenvalue weighted by molar-refractivity contribution is 9.10. The van der Waals surface area contributed by atoms with Crippen molar-refractivity contribution in [2.75, 3.05) is 0 Å². The van der Waals surface area contributed by atoms with Crippen LogP contribution in [0.4, 0.5) is 0 Å². The van der Waals surface area contributed by atoms with E-state index in [1.54, 1.807) is 12.5 Å². The monoisotopic (exact) mass is 541 g/mol. The molecule has 1 aliphatic heterocycles. The van der Waals surface area contributed by atoms with Crippen LogP contribution in [0.2, 0.25) is 0 Å². The molecule has 0 fully saturated rings. The zero-order valence-electron chi connectivity index (χ0n) is 20.2. The summed E-state index contributed by atoms with van der Waals surface area (Å²) >= 11 is 3.90. The molecule has 6 rings (SSSR count). The summed E-state index contributed by atoms with van der Waals surface area (Å²) < 4.78 is 8.81. The number of tetrazole rings is 1. The number of fused-ring (bicyclic) bond motifs is 2. The number of rotatable bonds is 6. The van der Waals surface area contributed by atoms with Crippen molar-refractivity contribution in [2.24, 2.45) is 0 Å². The van der Waals surface area contributed by atoms with Gasteiger partial charge in [-0.1, -0.05) is 31.2 Å². The fourth-order valence-electron chi connectivity index (χ4n) is 5.01. The first kappa shape index (κ1) is 22.6. The Labute approximate surface area is 216 Å². The third kappa shape index (κ3) is 3.62. The summed E-state index contributed by atoms with van der Waals surface area (Å²) in [7, 11) is 0. The molecule has 2 aliphatic rings. The lowest BCUT2D eigenvalue weighted by atomic mass is 9.97. The number of nitrogens with zero attached hydrogens (tertiary/aromatic N) is 6. The zero-order chi connectivity index (χ0) is 24.8. The Morgan fingerprint density at radius 1 is 1.03 bits per heavy atom. The highest BCUT2D eigenvalue weighted by Crippen LogP contribution is 2.48. The SMILES string of the molecule is CCCc1nc2c(C)cc(C)nc2n1Cc1c2ccocc-2c(Br)c1-c1ccccc1-c1nn[nH]n1. The number of benzene rings is 1. The van der Waals surface area contributed by atoms with Crippen molar-refractivity contribution in [3.05, 3.63) is 76.0 Å². The van der Waals surface area contributed by atoms with Crippen molar-refractivity contribution < 1.29 is 4.42 Å². The number of aryl methyl sites for hydroxylation is 3. The quantitative estimate of drug-likeness (QED) is 0.263. The predicted octanol–water partition coefficient (Wildman–Crippen LogP) is 6.36. The van der Waals surface area contributed by atoms with Gasteiger partial charge in [0.2, 0.25) is 5.82 Å². The first-order chi connectivity index (χ1) is 17.6. The molecule has 0 radical (unpaired) electrons. The van der Waals surface area contributed by atoms with Crippen molar-refractivity contribution in [3.63, 3.8) is 0 Å². The van der Waals surface area contributed by atoms with Gasteiger partial charge in [0.15, 0.2) is 5.65 Å². The fourth-order valence-corrected chi connectivity index (χ4v) is 5.77. The summed E-state index contributed by atoms with van der Waals surface area (Å²) in [5.74, 6) is 1.59. The van der Waals surface area contributed by atoms with Crippen LogP contribution >= 0.6 is 15.9 Å². The van der Waals surface area contributed by atoms with Gasteiger partial charge in [0.25, 0.3) is 0 Å². The highest BCUT2D eigenvalue weighted by atomic mass is 79.9. The minimum atomic E-state index is 0.547. The van der Waals surface area contributed by atoms with Crippen molar-refractivity contribution in [1.82, 2.24) is 35.2 Å². The molecule has 1 aliphatic carbocycles. The summed E-state index contributed by atoms with van der Waals surface area (Å²) in [6.45, 7) is 6.93. The Kier molecular flexibility index (Phi) is 5.64. The van der Waals surface area contributed by atoms with Crippen LogP contribution in [0.3, 0.4) is 0 Å². The van der Waals surface area contributed by atoms with Crippen molar-refractivity contribution in [1.29, 1.82) is 0 Å². The van der Waals surface area contributed by atoms with E-state index in [2.05, 4.69) is 67.1 Å². The molecule has 4 aromatic rings. The lowest BCUT2D eigenvalue weighted by molar-refractivity contribution is 0.551. The van der Waals surface area contributed by atoms with Gasteiger partial charge in [0, 0.05) is 33.3 Å². The molecule has 3 aromatic heterocycles. The molecule has 1 N–H and O–H groups in total. The van der Waals surface area contributed by atoms with Crippen LogP contribution in [0.1, 0.15) is 36.0 Å². The largest absolute Gasteiger partial charge is 0.472 e. The topological polar surface area (TPSA) is 98.3 Å². The van der Waals surface area contributed by atoms with E-state index in [1.807, 2.05) is 31.2 Å². The van der Waals surface area contributed by atoms with E-state index in [1.165, 1.54) is 0 Å². The average molecular weight is 542 g/mol. The molecule has 0 bridgehead atoms. The van der Waals surface area contributed by atoms with Crippen LogP contribution in [0.25, 0.3) is 44.8 Å². The summed E-state index contributed by atoms with van der Waals surface area (Å²) in [5, 5.41) is 14.9. The molecule has 0 saturated heterocycles. The van der Waals surface area contributed by atoms with Gasteiger partial charge in [-0.2, -0.15) is 5.21 Å². The molecule has 0 saturated carbocycles. The van der Waals surface area contributed by atoms with Gasteiger partial charge in [0.1, 0.15) is 11.3 Å². The molecule has 36 heavy (non-hydrogen) atoms. The molecule has 0 amide bonds. The third-order valence-electron chi connectivity index (χ3n) is 6.55. The fraction of sp³-hybridized carbons (Fsp3) is 0.222. The van der Waals surface area contributed by atoms with Crippen LogP contribution < -0.4 is 0 Å². The number of hydrogen-bond donors (Lipinski definition) is 1. The van der Waals surface area contributed by atoms with Gasteiger partial charge in [-0.3, -0.25) is 0 Å². The minimum absolute atomic E-state index is 0.547. The van der Waals surface area contributed by atoms with Gasteiger partial charge in [0.05, 0.1) is 19.1 Å². The summed E-state index contributed by atoms with van der Waals surface area (Å²) in [4.78, 5) is 9.95. The van der Waals surface area contributed by atoms with Gasteiger partial charge >= 0.3 is 0 Å². The molecule has 0 atom stereocenters. The van der Waals surface area contributed by atoms with Crippen molar-refractivity contribution in [2.45, 2.75) is 40.2 Å². The van der Waals surface area contributed by atoms with Crippen molar-refractivity contribution >= 4 is 27.1 Å². The van der Waals surface area contributed by atoms with Gasteiger partial charge < -0.3 is 8.98 Å². The van der Waals surface area contributed by atoms with E-state index < -0.39 is 0 Å². The van der Waals surface area contributed by atoms with E-state index in [0.29, 0.717) is 12.4 Å². The molecule has 9 heteroatoms. The molecule has 0 unspecified atom stereocenters. The minimum Gasteiger partial charge on any atom is -0.472 e. The second kappa shape index (κ2) is 8.98. The first-order valence-corrected chi connectivity index (χ1v) is 12.7. The molecule has 180 valence electrons. The Morgan fingerprint density at radius 3 is 2.64 bits per heavy atom. The Bertz CT molecular complexity index is 1670. The number of hydrogen-bond acceptors (Lipinski definition) is 6. The van der Waals surface area contributed by atoms with Gasteiger partial charge in [-0.15, -0.1) is 10.2 Å². The number of H-pyrrole nitrogens is 1. The Hall–Kier alpha value is -3.85. The average Bonchev–Trinajstić information content (AvgIpc) is 3.59. The number of aromatic nitrogens is 7. The highest BCUT2D eigenvalue weighted by Gasteiger charge is 2.27. The third-order valence-corrected chi connectivity index (χ3v) is 7.37. The predicted molar refractivity (Wildman–Crippen MR) is 142 cm³/mol. The van der Waals surface area contributed by atoms with E-state index >= 15 is 0 Å². The smallest absolute Gasteiger partial charge is 0.205 e. The van der Waals surface area contributed by atoms with Crippen LogP contribution in [0, 0.1) is 13.8 Å². The molecule has 0 spiro atoms. The van der Waals surface area contributed by atoms with Crippen LogP contribution in [-0.2, 0) is 13.0 Å². The Balaban J connectivity index is 1.63. The summed E-state index contributed by atoms with van der Waals surface area (Å²) in [6, 6.07) is 12.2. The van der Waals surface area contributed by atoms with Crippen molar-refractivity contribution in [3.8, 4) is 33.6 Å². The van der Waals surface area contributed by atoms with E-state index in [-0.39, 0.29) is 0 Å². The number of pyridine rings is 1. The number of halogens is 1. The lowest BCUT2D eigenvalue weighted by Gasteiger charge is -2.14. The van der Waals surface area contributed by atoms with Crippen LogP contribution in [0.5, 0.6) is 0 Å². The van der Waals surface area contributed by atoms with Gasteiger partial charge in [-0.05, 0) is 75.8 Å². The normalized spacial score (nSPS) is 11.7. The van der Waals surface area contributed by atoms with Crippen LogP contribution in [-0.4, -0.2) is 35.2 Å². The molecule has 8 nitrogen and oxygen atoms in total. The number of imidazole rings is 1. The molecule has 1 aromatic carbocycles. The first-order valence-electron chi connectivity index (χ1n) is 11.9. The maximum absolute atomic E-state index is 5.58. The standard InChI is InChI=1S/C27H24BrN7O/c1-4-7-22-30-25-15(2)12-16(3)29-27(25)35(22)13-20-17-10-11-36-14-21(17)24(28)23(20)18-8-5-6-9-19(18)26-31-33-34-32-26/h5-6,8-12,14H,4,7,13H2,1-3H3,(H,31,32,33,34). The second-order valence-electron chi connectivity index (χ2n) is 8.95. The van der Waals surface area contributed by atoms with E-state index in [9.17, 15) is 0 Å². The number of nitrogens with one attached hydrogen (secondary N) is 1. The van der Waals surface area contributed by atoms with Crippen LogP contribution in [0.15, 0.2) is 57.8 Å². The maximum atomic E-state index is 5.58. The van der Waals surface area contributed by atoms with Gasteiger partial charge in [-0.25, -0.2) is 9.97 Å². The molecular formula is C27H24BrN7O. The lowest BCUT2D eigenvalue weighted by Crippen LogP contribution is -2.07.